The zero-order chi connectivity index (χ0) is 53.1. The molecule has 5 atom stereocenters. The second-order valence-electron chi connectivity index (χ2n) is 18.2. The minimum absolute atomic E-state index is 0.0350. The Morgan fingerprint density at radius 2 is 1.04 bits per heavy atom. The Hall–Kier alpha value is -8.53. The van der Waals surface area contributed by atoms with Gasteiger partial charge in [-0.15, -0.1) is 0 Å². The van der Waals surface area contributed by atoms with Crippen LogP contribution in [0.25, 0.3) is 16.9 Å². The second kappa shape index (κ2) is 21.6. The molecular weight excluding hydrogens is 1000 g/mol. The summed E-state index contributed by atoms with van der Waals surface area (Å²) in [5.74, 6) is 3.02. The van der Waals surface area contributed by atoms with E-state index in [4.69, 9.17) is 42.5 Å². The molecule has 1 unspecified atom stereocenters. The van der Waals surface area contributed by atoms with E-state index in [2.05, 4.69) is 4.98 Å². The number of benzene rings is 7. The van der Waals surface area contributed by atoms with E-state index in [9.17, 15) is 9.36 Å². The summed E-state index contributed by atoms with van der Waals surface area (Å²) in [4.78, 5) is 24.7. The molecule has 0 radical (unpaired) electrons. The van der Waals surface area contributed by atoms with Gasteiger partial charge in [-0.25, -0.2) is 18.3 Å². The standard InChI is InChI=1S/C60H53FN5O10P/c1-69-46-28-20-41(21-29-46)59(40-14-8-5-9-15-40,42-22-30-47(70-2)31-23-42)66-37-36-64-56(67)53-55(63-58(64)66)65(39-62-53)57-54(76-77(68)75-50-18-12-7-13-19-50)52(61)51(74-57)38-73-60(43-16-10-6-11-17-43,44-24-32-48(71-3)33-25-44)45-26-34-49(72-4)35-27-45/h5-37,39,51-52,54,57,77H,38H2,1-4H3/t51-,52-,54-,57-/m1/s1. The Balaban J connectivity index is 1.06. The van der Waals surface area contributed by atoms with Crippen LogP contribution in [0.5, 0.6) is 28.7 Å². The molecular formula is C60H53FN5O10P. The zero-order valence-corrected chi connectivity index (χ0v) is 43.3. The van der Waals surface area contributed by atoms with Crippen molar-refractivity contribution in [1.29, 1.82) is 0 Å². The molecule has 4 heterocycles. The van der Waals surface area contributed by atoms with E-state index in [-0.39, 0.29) is 29.3 Å². The number of imidazole rings is 2. The topological polar surface area (TPSA) is 148 Å². The van der Waals surface area contributed by atoms with Crippen LogP contribution in [0.3, 0.4) is 0 Å². The number of halogens is 1. The molecule has 15 nitrogen and oxygen atoms in total. The van der Waals surface area contributed by atoms with Gasteiger partial charge in [-0.1, -0.05) is 127 Å². The molecule has 0 spiro atoms. The first-order valence-electron chi connectivity index (χ1n) is 24.7. The van der Waals surface area contributed by atoms with Crippen LogP contribution in [0.15, 0.2) is 212 Å². The van der Waals surface area contributed by atoms with Crippen molar-refractivity contribution in [3.05, 3.63) is 251 Å². The van der Waals surface area contributed by atoms with Gasteiger partial charge in [-0.05, 0) is 94.0 Å². The van der Waals surface area contributed by atoms with Crippen LogP contribution < -0.4 is 29.0 Å². The van der Waals surface area contributed by atoms with Crippen molar-refractivity contribution in [1.82, 2.24) is 23.5 Å². The minimum Gasteiger partial charge on any atom is -0.497 e. The predicted molar refractivity (Wildman–Crippen MR) is 288 cm³/mol. The van der Waals surface area contributed by atoms with E-state index in [1.807, 2.05) is 162 Å². The lowest BCUT2D eigenvalue weighted by atomic mass is 9.76. The minimum atomic E-state index is -3.48. The SMILES string of the molecule is COc1ccc(C(OC[C@H]2O[C@@H](n3cnc4c(=O)n5ccn(C(c6ccccc6)(c6ccc(OC)cc6)c6ccc(OC)cc6)c5nc43)[C@H](O[PH](=O)Oc3ccccc3)[C@@H]2F)(c2ccccc2)c2ccc(OC)cc2)cc1. The monoisotopic (exact) mass is 1050 g/mol. The van der Waals surface area contributed by atoms with Gasteiger partial charge in [0.15, 0.2) is 23.6 Å². The largest absolute Gasteiger partial charge is 0.497 e. The molecule has 1 saturated heterocycles. The number of alkyl halides is 1. The van der Waals surface area contributed by atoms with Crippen LogP contribution in [0, 0.1) is 0 Å². The second-order valence-corrected chi connectivity index (χ2v) is 19.1. The average Bonchev–Trinajstić information content (AvgIpc) is 4.42. The van der Waals surface area contributed by atoms with Crippen molar-refractivity contribution < 1.29 is 46.4 Å². The number of nitrogens with zero attached hydrogens (tertiary/aromatic N) is 5. The van der Waals surface area contributed by atoms with Crippen LogP contribution in [-0.4, -0.2) is 76.9 Å². The lowest BCUT2D eigenvalue weighted by Gasteiger charge is -2.37. The molecule has 0 bridgehead atoms. The third kappa shape index (κ3) is 9.18. The first-order valence-corrected chi connectivity index (χ1v) is 26.0. The molecule has 10 aromatic rings. The van der Waals surface area contributed by atoms with Gasteiger partial charge in [0.2, 0.25) is 5.78 Å². The van der Waals surface area contributed by atoms with Crippen LogP contribution in [0.2, 0.25) is 0 Å². The van der Waals surface area contributed by atoms with E-state index in [0.717, 1.165) is 22.3 Å². The summed E-state index contributed by atoms with van der Waals surface area (Å²) in [7, 11) is 2.91. The van der Waals surface area contributed by atoms with Gasteiger partial charge in [0.1, 0.15) is 52.1 Å². The number of fused-ring (bicyclic) bond motifs is 2. The number of hydrogen-bond donors (Lipinski definition) is 0. The quantitative estimate of drug-likeness (QED) is 0.0561. The first-order chi connectivity index (χ1) is 37.7. The van der Waals surface area contributed by atoms with E-state index in [0.29, 0.717) is 34.1 Å². The highest BCUT2D eigenvalue weighted by Crippen LogP contribution is 2.47. The highest BCUT2D eigenvalue weighted by molar-refractivity contribution is 7.33. The number of hydrogen-bond acceptors (Lipinski definition) is 12. The normalized spacial score (nSPS) is 17.1. The third-order valence-corrected chi connectivity index (χ3v) is 15.0. The van der Waals surface area contributed by atoms with Gasteiger partial charge in [0.05, 0.1) is 41.4 Å². The molecule has 0 N–H and O–H groups in total. The fraction of sp³-hybridized carbons (Fsp3) is 0.183. The number of para-hydroxylation sites is 1. The number of ether oxygens (including phenoxy) is 6. The highest BCUT2D eigenvalue weighted by atomic mass is 31.1. The fourth-order valence-corrected chi connectivity index (χ4v) is 11.2. The molecule has 0 saturated carbocycles. The molecule has 1 fully saturated rings. The summed E-state index contributed by atoms with van der Waals surface area (Å²) in [6, 6.07) is 58.2. The maximum absolute atomic E-state index is 17.9. The zero-order valence-electron chi connectivity index (χ0n) is 42.3. The molecule has 11 rings (SSSR count). The number of aromatic nitrogens is 5. The Bertz CT molecular complexity index is 3600. The van der Waals surface area contributed by atoms with Gasteiger partial charge < -0.3 is 32.9 Å². The molecule has 1 aliphatic heterocycles. The molecule has 77 heavy (non-hydrogen) atoms. The van der Waals surface area contributed by atoms with Crippen LogP contribution in [0.1, 0.15) is 39.6 Å². The molecule has 390 valence electrons. The van der Waals surface area contributed by atoms with Gasteiger partial charge in [0.25, 0.3) is 5.56 Å². The Morgan fingerprint density at radius 1 is 0.584 bits per heavy atom. The van der Waals surface area contributed by atoms with E-state index in [1.54, 1.807) is 71.2 Å². The number of rotatable bonds is 19. The molecule has 17 heteroatoms. The smallest absolute Gasteiger partial charge is 0.368 e. The Kier molecular flexibility index (Phi) is 14.2. The average molecular weight is 1050 g/mol. The van der Waals surface area contributed by atoms with Gasteiger partial charge >= 0.3 is 8.25 Å². The van der Waals surface area contributed by atoms with Crippen molar-refractivity contribution in [2.24, 2.45) is 0 Å². The molecule has 0 amide bonds. The van der Waals surface area contributed by atoms with E-state index in [1.165, 1.54) is 15.3 Å². The van der Waals surface area contributed by atoms with Gasteiger partial charge in [0, 0.05) is 12.4 Å². The van der Waals surface area contributed by atoms with Gasteiger partial charge in [-0.2, -0.15) is 4.98 Å². The van der Waals surface area contributed by atoms with E-state index >= 15 is 4.39 Å². The summed E-state index contributed by atoms with van der Waals surface area (Å²) >= 11 is 0. The summed E-state index contributed by atoms with van der Waals surface area (Å²) in [6.45, 7) is -0.357. The third-order valence-electron chi connectivity index (χ3n) is 14.1. The Morgan fingerprint density at radius 3 is 1.55 bits per heavy atom. The van der Waals surface area contributed by atoms with Gasteiger partial charge in [-0.3, -0.25) is 18.5 Å². The lowest BCUT2D eigenvalue weighted by Crippen LogP contribution is -2.38. The summed E-state index contributed by atoms with van der Waals surface area (Å²) < 4.78 is 84.7. The molecule has 1 aliphatic rings. The maximum atomic E-state index is 17.9. The highest BCUT2D eigenvalue weighted by Gasteiger charge is 2.51. The predicted octanol–water partition coefficient (Wildman–Crippen LogP) is 10.8. The Labute approximate surface area is 443 Å². The van der Waals surface area contributed by atoms with Crippen molar-refractivity contribution in [2.75, 3.05) is 35.0 Å². The van der Waals surface area contributed by atoms with Crippen LogP contribution >= 0.6 is 8.25 Å². The van der Waals surface area contributed by atoms with Crippen molar-refractivity contribution in [3.63, 3.8) is 0 Å². The lowest BCUT2D eigenvalue weighted by molar-refractivity contribution is -0.0885. The van der Waals surface area contributed by atoms with Crippen molar-refractivity contribution >= 4 is 25.2 Å². The van der Waals surface area contributed by atoms with Crippen molar-refractivity contribution in [3.8, 4) is 28.7 Å². The van der Waals surface area contributed by atoms with Crippen LogP contribution in [-0.2, 0) is 29.7 Å². The molecule has 0 aliphatic carbocycles. The van der Waals surface area contributed by atoms with Crippen LogP contribution in [0.4, 0.5) is 4.39 Å². The molecule has 7 aromatic carbocycles. The summed E-state index contributed by atoms with van der Waals surface area (Å²) in [5.41, 5.74) is 1.60. The molecule has 3 aromatic heterocycles. The number of methoxy groups -OCH3 is 4. The first kappa shape index (κ1) is 50.6. The summed E-state index contributed by atoms with van der Waals surface area (Å²) in [5, 5.41) is 0. The van der Waals surface area contributed by atoms with Crippen molar-refractivity contribution in [2.45, 2.75) is 35.7 Å². The maximum Gasteiger partial charge on any atom is 0.368 e. The van der Waals surface area contributed by atoms with E-state index < -0.39 is 49.6 Å². The fourth-order valence-electron chi connectivity index (χ4n) is 10.4. The summed E-state index contributed by atoms with van der Waals surface area (Å²) in [6.07, 6.45) is -1.56.